The fourth-order valence-corrected chi connectivity index (χ4v) is 3.22. The van der Waals surface area contributed by atoms with Crippen molar-refractivity contribution in [1.29, 1.82) is 0 Å². The van der Waals surface area contributed by atoms with E-state index in [1.807, 2.05) is 24.5 Å². The van der Waals surface area contributed by atoms with Gasteiger partial charge in [0, 0.05) is 34.0 Å². The van der Waals surface area contributed by atoms with Crippen LogP contribution < -0.4 is 5.32 Å². The Morgan fingerprint density at radius 1 is 1.33 bits per heavy atom. The Morgan fingerprint density at radius 3 is 2.94 bits per heavy atom. The predicted octanol–water partition coefficient (Wildman–Crippen LogP) is 4.41. The van der Waals surface area contributed by atoms with Crippen LogP contribution >= 0.6 is 39.0 Å². The van der Waals surface area contributed by atoms with Gasteiger partial charge < -0.3 is 5.32 Å². The zero-order valence-electron chi connectivity index (χ0n) is 10.0. The Morgan fingerprint density at radius 2 is 2.22 bits per heavy atom. The largest absolute Gasteiger partial charge is 0.362 e. The Hall–Kier alpha value is -0.590. The second-order valence-electron chi connectivity index (χ2n) is 3.66. The molecule has 6 heteroatoms. The van der Waals surface area contributed by atoms with E-state index in [-0.39, 0.29) is 0 Å². The molecular formula is C12H14BrN3S2. The summed E-state index contributed by atoms with van der Waals surface area (Å²) in [6.45, 7) is 3.13. The molecule has 0 fully saturated rings. The van der Waals surface area contributed by atoms with Crippen molar-refractivity contribution in [2.24, 2.45) is 0 Å². The molecule has 2 rings (SSSR count). The van der Waals surface area contributed by atoms with Crippen LogP contribution in [0.4, 0.5) is 5.13 Å². The lowest BCUT2D eigenvalue weighted by atomic mass is 10.5. The Bertz CT molecular complexity index is 484. The van der Waals surface area contributed by atoms with Gasteiger partial charge in [-0.15, -0.1) is 23.1 Å². The molecule has 0 spiro atoms. The Labute approximate surface area is 124 Å². The van der Waals surface area contributed by atoms with Crippen LogP contribution in [0, 0.1) is 0 Å². The summed E-state index contributed by atoms with van der Waals surface area (Å²) >= 11 is 6.83. The normalized spacial score (nSPS) is 10.6. The fraction of sp³-hybridized carbons (Fsp3) is 0.333. The van der Waals surface area contributed by atoms with Gasteiger partial charge in [0.1, 0.15) is 0 Å². The minimum Gasteiger partial charge on any atom is -0.362 e. The number of nitrogens with zero attached hydrogens (tertiary/aromatic N) is 2. The smallest absolute Gasteiger partial charge is 0.182 e. The van der Waals surface area contributed by atoms with Crippen molar-refractivity contribution in [2.45, 2.75) is 24.1 Å². The summed E-state index contributed by atoms with van der Waals surface area (Å²) in [5, 5.41) is 5.34. The van der Waals surface area contributed by atoms with E-state index < -0.39 is 0 Å². The minimum atomic E-state index is 0.917. The molecule has 0 amide bonds. The average molecular weight is 344 g/mol. The highest BCUT2D eigenvalue weighted by atomic mass is 79.9. The first kappa shape index (κ1) is 13.8. The van der Waals surface area contributed by atoms with E-state index in [2.05, 4.69) is 38.1 Å². The molecule has 1 N–H and O–H groups in total. The summed E-state index contributed by atoms with van der Waals surface area (Å²) in [5.74, 6) is 0.917. The third-order valence-electron chi connectivity index (χ3n) is 2.14. The summed E-state index contributed by atoms with van der Waals surface area (Å²) in [6, 6.07) is 4.03. The topological polar surface area (TPSA) is 37.8 Å². The molecule has 18 heavy (non-hydrogen) atoms. The van der Waals surface area contributed by atoms with Crippen molar-refractivity contribution in [3.8, 4) is 0 Å². The van der Waals surface area contributed by atoms with Crippen molar-refractivity contribution in [1.82, 2.24) is 9.97 Å². The van der Waals surface area contributed by atoms with Gasteiger partial charge in [-0.05, 0) is 34.5 Å². The maximum atomic E-state index is 4.35. The van der Waals surface area contributed by atoms with Crippen LogP contribution in [0.2, 0.25) is 0 Å². The van der Waals surface area contributed by atoms with Gasteiger partial charge in [-0.1, -0.05) is 6.92 Å². The number of anilines is 1. The van der Waals surface area contributed by atoms with Crippen molar-refractivity contribution >= 4 is 44.2 Å². The number of halogens is 1. The molecule has 96 valence electrons. The molecule has 0 saturated heterocycles. The Kier molecular flexibility index (Phi) is 5.46. The molecule has 0 aliphatic heterocycles. The van der Waals surface area contributed by atoms with Crippen LogP contribution in [0.15, 0.2) is 34.0 Å². The van der Waals surface area contributed by atoms with Gasteiger partial charge in [0.2, 0.25) is 0 Å². The van der Waals surface area contributed by atoms with E-state index in [1.165, 1.54) is 4.88 Å². The first-order valence-electron chi connectivity index (χ1n) is 5.71. The lowest BCUT2D eigenvalue weighted by molar-refractivity contribution is 0.976. The van der Waals surface area contributed by atoms with Crippen LogP contribution in [-0.4, -0.2) is 16.5 Å². The van der Waals surface area contributed by atoms with Crippen molar-refractivity contribution in [3.05, 3.63) is 33.9 Å². The second-order valence-corrected chi connectivity index (χ2v) is 6.69. The fourth-order valence-electron chi connectivity index (χ4n) is 1.28. The van der Waals surface area contributed by atoms with E-state index in [0.29, 0.717) is 0 Å². The molecule has 2 aromatic rings. The number of rotatable bonds is 6. The molecule has 0 unspecified atom stereocenters. The van der Waals surface area contributed by atoms with Crippen molar-refractivity contribution in [3.63, 3.8) is 0 Å². The SMILES string of the molecule is CCCNc1ncc(CSc2ccc(Br)cn2)s1. The number of aromatic nitrogens is 2. The van der Waals surface area contributed by atoms with Gasteiger partial charge >= 0.3 is 0 Å². The summed E-state index contributed by atoms with van der Waals surface area (Å²) in [4.78, 5) is 9.95. The number of hydrogen-bond acceptors (Lipinski definition) is 5. The molecule has 0 saturated carbocycles. The minimum absolute atomic E-state index is 0.917. The maximum Gasteiger partial charge on any atom is 0.182 e. The highest BCUT2D eigenvalue weighted by Gasteiger charge is 2.03. The first-order chi connectivity index (χ1) is 8.78. The molecule has 3 nitrogen and oxygen atoms in total. The van der Waals surface area contributed by atoms with E-state index in [1.54, 1.807) is 23.1 Å². The van der Waals surface area contributed by atoms with E-state index in [0.717, 1.165) is 33.3 Å². The van der Waals surface area contributed by atoms with Crippen molar-refractivity contribution < 1.29 is 0 Å². The highest BCUT2D eigenvalue weighted by Crippen LogP contribution is 2.26. The maximum absolute atomic E-state index is 4.35. The van der Waals surface area contributed by atoms with Gasteiger partial charge in [-0.2, -0.15) is 0 Å². The highest BCUT2D eigenvalue weighted by molar-refractivity contribution is 9.10. The molecule has 0 radical (unpaired) electrons. The third kappa shape index (κ3) is 4.26. The number of thiazole rings is 1. The van der Waals surface area contributed by atoms with Gasteiger partial charge in [-0.25, -0.2) is 9.97 Å². The van der Waals surface area contributed by atoms with Gasteiger partial charge in [0.15, 0.2) is 5.13 Å². The standard InChI is InChI=1S/C12H14BrN3S2/c1-2-5-14-12-16-7-10(18-12)8-17-11-4-3-9(13)6-15-11/h3-4,6-7H,2,5,8H2,1H3,(H,14,16). The zero-order chi connectivity index (χ0) is 12.8. The summed E-state index contributed by atoms with van der Waals surface area (Å²) in [5.41, 5.74) is 0. The Balaban J connectivity index is 1.86. The number of nitrogens with one attached hydrogen (secondary N) is 1. The van der Waals surface area contributed by atoms with Gasteiger partial charge in [0.25, 0.3) is 0 Å². The molecular weight excluding hydrogens is 330 g/mol. The third-order valence-corrected chi connectivity index (χ3v) is 4.74. The quantitative estimate of drug-likeness (QED) is 0.788. The molecule has 2 heterocycles. The summed E-state index contributed by atoms with van der Waals surface area (Å²) in [6.07, 6.45) is 4.88. The van der Waals surface area contributed by atoms with Crippen LogP contribution in [0.1, 0.15) is 18.2 Å². The van der Waals surface area contributed by atoms with Gasteiger partial charge in [-0.3, -0.25) is 0 Å². The second kappa shape index (κ2) is 7.11. The monoisotopic (exact) mass is 343 g/mol. The molecule has 0 bridgehead atoms. The van der Waals surface area contributed by atoms with E-state index >= 15 is 0 Å². The molecule has 0 aliphatic carbocycles. The van der Waals surface area contributed by atoms with Crippen molar-refractivity contribution in [2.75, 3.05) is 11.9 Å². The molecule has 0 aliphatic rings. The molecule has 0 aromatic carbocycles. The number of thioether (sulfide) groups is 1. The molecule has 2 aromatic heterocycles. The van der Waals surface area contributed by atoms with E-state index in [9.17, 15) is 0 Å². The van der Waals surface area contributed by atoms with Crippen LogP contribution in [-0.2, 0) is 5.75 Å². The predicted molar refractivity (Wildman–Crippen MR) is 82.4 cm³/mol. The first-order valence-corrected chi connectivity index (χ1v) is 8.30. The number of pyridine rings is 1. The van der Waals surface area contributed by atoms with E-state index in [4.69, 9.17) is 0 Å². The van der Waals surface area contributed by atoms with Crippen LogP contribution in [0.25, 0.3) is 0 Å². The van der Waals surface area contributed by atoms with Gasteiger partial charge in [0.05, 0.1) is 5.03 Å². The molecule has 0 atom stereocenters. The number of hydrogen-bond donors (Lipinski definition) is 1. The average Bonchev–Trinajstić information content (AvgIpc) is 2.84. The van der Waals surface area contributed by atoms with Crippen LogP contribution in [0.5, 0.6) is 0 Å². The summed E-state index contributed by atoms with van der Waals surface area (Å²) in [7, 11) is 0. The summed E-state index contributed by atoms with van der Waals surface area (Å²) < 4.78 is 1.01. The lowest BCUT2D eigenvalue weighted by Gasteiger charge is -1.99. The lowest BCUT2D eigenvalue weighted by Crippen LogP contribution is -1.97. The van der Waals surface area contributed by atoms with Crippen LogP contribution in [0.3, 0.4) is 0 Å². The zero-order valence-corrected chi connectivity index (χ0v) is 13.2.